The van der Waals surface area contributed by atoms with Crippen molar-refractivity contribution in [3.05, 3.63) is 0 Å². The van der Waals surface area contributed by atoms with Gasteiger partial charge in [-0.15, -0.1) is 0 Å². The third-order valence-corrected chi connectivity index (χ3v) is 2.93. The zero-order valence-corrected chi connectivity index (χ0v) is 10.3. The molecule has 0 saturated carbocycles. The lowest BCUT2D eigenvalue weighted by molar-refractivity contribution is -0.463. The molecule has 0 spiro atoms. The van der Waals surface area contributed by atoms with Crippen LogP contribution in [-0.2, 0) is 4.74 Å². The summed E-state index contributed by atoms with van der Waals surface area (Å²) < 4.78 is 171. The fourth-order valence-electron chi connectivity index (χ4n) is 1.56. The van der Waals surface area contributed by atoms with Crippen LogP contribution in [0.25, 0.3) is 0 Å². The quantitative estimate of drug-likeness (QED) is 0.566. The highest BCUT2D eigenvalue weighted by Crippen LogP contribution is 2.61. The highest BCUT2D eigenvalue weighted by molar-refractivity contribution is 5.11. The van der Waals surface area contributed by atoms with Gasteiger partial charge in [-0.05, 0) is 0 Å². The van der Waals surface area contributed by atoms with Gasteiger partial charge in [0.05, 0.1) is 13.0 Å². The first-order chi connectivity index (χ1) is 9.85. The van der Waals surface area contributed by atoms with Crippen molar-refractivity contribution in [2.45, 2.75) is 48.3 Å². The van der Waals surface area contributed by atoms with Gasteiger partial charge in [0.1, 0.15) is 6.17 Å². The Morgan fingerprint density at radius 3 is 1.43 bits per heavy atom. The molecule has 1 unspecified atom stereocenters. The number of ether oxygens (including phenoxy) is 1. The van der Waals surface area contributed by atoms with Crippen LogP contribution in [0.2, 0.25) is 0 Å². The molecular weight excluding hydrogens is 371 g/mol. The minimum absolute atomic E-state index is 2.43. The molecule has 0 aromatic heterocycles. The average molecular weight is 376 g/mol. The predicted octanol–water partition coefficient (Wildman–Crippen LogP) is 4.51. The van der Waals surface area contributed by atoms with Crippen LogP contribution < -0.4 is 0 Å². The summed E-state index contributed by atoms with van der Waals surface area (Å²) in [6.45, 7) is -2.43. The van der Waals surface area contributed by atoms with E-state index in [-0.39, 0.29) is 0 Å². The van der Waals surface area contributed by atoms with E-state index in [0.717, 1.165) is 0 Å². The Morgan fingerprint density at radius 2 is 1.00 bits per heavy atom. The van der Waals surface area contributed by atoms with Crippen molar-refractivity contribution in [2.24, 2.45) is 0 Å². The van der Waals surface area contributed by atoms with Crippen molar-refractivity contribution in [1.82, 2.24) is 0 Å². The molecule has 23 heavy (non-hydrogen) atoms. The van der Waals surface area contributed by atoms with Gasteiger partial charge in [0.25, 0.3) is 0 Å². The zero-order chi connectivity index (χ0) is 18.7. The van der Waals surface area contributed by atoms with E-state index in [1.54, 1.807) is 0 Å². The van der Waals surface area contributed by atoms with Gasteiger partial charge >= 0.3 is 35.7 Å². The Bertz CT molecular complexity index is 456. The monoisotopic (exact) mass is 376 g/mol. The first-order valence-electron chi connectivity index (χ1n) is 5.40. The van der Waals surface area contributed by atoms with E-state index in [9.17, 15) is 57.1 Å². The van der Waals surface area contributed by atoms with Crippen molar-refractivity contribution >= 4 is 0 Å². The summed E-state index contributed by atoms with van der Waals surface area (Å²) in [4.78, 5) is 0. The summed E-state index contributed by atoms with van der Waals surface area (Å²) in [7, 11) is 0. The molecule has 1 saturated heterocycles. The lowest BCUT2D eigenvalue weighted by Crippen LogP contribution is -2.71. The second-order valence-electron chi connectivity index (χ2n) is 4.63. The first-order valence-corrected chi connectivity index (χ1v) is 5.40. The number of alkyl halides is 13. The third kappa shape index (κ3) is 2.52. The summed E-state index contributed by atoms with van der Waals surface area (Å²) in [5, 5.41) is 0. The fraction of sp³-hybridized carbons (Fsp3) is 1.00. The van der Waals surface area contributed by atoms with Crippen molar-refractivity contribution in [1.29, 1.82) is 0 Å². The van der Waals surface area contributed by atoms with Crippen LogP contribution in [0.5, 0.6) is 0 Å². The van der Waals surface area contributed by atoms with Gasteiger partial charge in [-0.1, -0.05) is 0 Å². The molecule has 1 atom stereocenters. The molecule has 14 heteroatoms. The summed E-state index contributed by atoms with van der Waals surface area (Å²) in [6.07, 6.45) is -13.0. The highest BCUT2D eigenvalue weighted by Gasteiger charge is 2.90. The normalized spacial score (nSPS) is 34.6. The minimum atomic E-state index is -7.66. The summed E-state index contributed by atoms with van der Waals surface area (Å²) >= 11 is 0. The van der Waals surface area contributed by atoms with Gasteiger partial charge in [-0.3, -0.25) is 0 Å². The van der Waals surface area contributed by atoms with Crippen LogP contribution in [0.4, 0.5) is 57.1 Å². The van der Waals surface area contributed by atoms with Gasteiger partial charge in [0.15, 0.2) is 0 Å². The molecule has 0 amide bonds. The Balaban J connectivity index is 3.63. The Labute approximate surface area is 118 Å². The molecule has 0 bridgehead atoms. The molecule has 138 valence electrons. The molecule has 1 heterocycles. The third-order valence-electron chi connectivity index (χ3n) is 2.93. The molecule has 0 aromatic rings. The molecule has 0 aliphatic carbocycles. The Morgan fingerprint density at radius 1 is 0.609 bits per heavy atom. The largest absolute Gasteiger partial charge is 0.426 e. The van der Waals surface area contributed by atoms with E-state index in [0.29, 0.717) is 0 Å². The van der Waals surface area contributed by atoms with Crippen LogP contribution in [0, 0.1) is 0 Å². The molecule has 1 nitrogen and oxygen atoms in total. The lowest BCUT2D eigenvalue weighted by Gasteiger charge is -2.42. The smallest absolute Gasteiger partial charge is 0.312 e. The molecule has 0 radical (unpaired) electrons. The van der Waals surface area contributed by atoms with Gasteiger partial charge in [-0.2, -0.15) is 52.7 Å². The first kappa shape index (κ1) is 20.1. The van der Waals surface area contributed by atoms with Crippen molar-refractivity contribution in [2.75, 3.05) is 6.61 Å². The van der Waals surface area contributed by atoms with Gasteiger partial charge in [-0.25, -0.2) is 4.39 Å². The van der Waals surface area contributed by atoms with Gasteiger partial charge in [0, 0.05) is 0 Å². The molecular formula is C9H5F13O. The SMILES string of the molecule is FC1COC(F)(F)C(F)(F)C(F)(F)C(F)(F)C(F)(F)C(F)(F)C1. The molecule has 1 aliphatic heterocycles. The topological polar surface area (TPSA) is 9.23 Å². The van der Waals surface area contributed by atoms with Crippen LogP contribution in [-0.4, -0.2) is 48.5 Å². The maximum Gasteiger partial charge on any atom is 0.426 e. The van der Waals surface area contributed by atoms with E-state index >= 15 is 0 Å². The molecule has 0 N–H and O–H groups in total. The molecule has 1 aliphatic rings. The van der Waals surface area contributed by atoms with E-state index in [2.05, 4.69) is 4.74 Å². The van der Waals surface area contributed by atoms with Crippen LogP contribution in [0.3, 0.4) is 0 Å². The minimum Gasteiger partial charge on any atom is -0.312 e. The summed E-state index contributed by atoms with van der Waals surface area (Å²) in [5.74, 6) is -36.2. The van der Waals surface area contributed by atoms with E-state index in [1.165, 1.54) is 0 Å². The van der Waals surface area contributed by atoms with E-state index in [1.807, 2.05) is 0 Å². The van der Waals surface area contributed by atoms with Crippen LogP contribution in [0.15, 0.2) is 0 Å². The standard InChI is InChI=1S/C9H5F13O/c10-3-1-4(11,12)5(13,14)6(15,16)7(17,18)8(19,20)9(21,22)23-2-3/h3H,1-2H2. The van der Waals surface area contributed by atoms with Gasteiger partial charge in [0.2, 0.25) is 0 Å². The molecule has 0 aromatic carbocycles. The second kappa shape index (κ2) is 5.02. The summed E-state index contributed by atoms with van der Waals surface area (Å²) in [6, 6.07) is 0. The van der Waals surface area contributed by atoms with Crippen molar-refractivity contribution in [3.8, 4) is 0 Å². The predicted molar refractivity (Wildman–Crippen MR) is 45.1 cm³/mol. The lowest BCUT2D eigenvalue weighted by atomic mass is 9.91. The highest BCUT2D eigenvalue weighted by atomic mass is 19.4. The molecule has 1 rings (SSSR count). The number of hydrogen-bond donors (Lipinski definition) is 0. The maximum atomic E-state index is 13.0. The van der Waals surface area contributed by atoms with Crippen molar-refractivity contribution < 1.29 is 61.8 Å². The average Bonchev–Trinajstić information content (AvgIpc) is 2.33. The zero-order valence-electron chi connectivity index (χ0n) is 10.3. The van der Waals surface area contributed by atoms with Crippen LogP contribution >= 0.6 is 0 Å². The summed E-state index contributed by atoms with van der Waals surface area (Å²) in [5.41, 5.74) is 0. The maximum absolute atomic E-state index is 13.0. The fourth-order valence-corrected chi connectivity index (χ4v) is 1.56. The van der Waals surface area contributed by atoms with Gasteiger partial charge < -0.3 is 4.74 Å². The molecule has 1 fully saturated rings. The Kier molecular flexibility index (Phi) is 4.39. The van der Waals surface area contributed by atoms with Crippen LogP contribution in [0.1, 0.15) is 6.42 Å². The number of rotatable bonds is 0. The number of hydrogen-bond acceptors (Lipinski definition) is 1. The second-order valence-corrected chi connectivity index (χ2v) is 4.63. The Hall–Kier alpha value is -0.950. The number of halogens is 13. The van der Waals surface area contributed by atoms with Crippen molar-refractivity contribution in [3.63, 3.8) is 0 Å². The van der Waals surface area contributed by atoms with E-state index < -0.39 is 54.9 Å². The van der Waals surface area contributed by atoms with E-state index in [4.69, 9.17) is 0 Å².